The third-order valence-corrected chi connectivity index (χ3v) is 4.29. The summed E-state index contributed by atoms with van der Waals surface area (Å²) in [4.78, 5) is 2.98. The minimum absolute atomic E-state index is 0.877. The first-order valence-corrected chi connectivity index (χ1v) is 7.36. The summed E-state index contributed by atoms with van der Waals surface area (Å²) in [7, 11) is 0. The van der Waals surface area contributed by atoms with Crippen LogP contribution in [0.5, 0.6) is 0 Å². The van der Waals surface area contributed by atoms with Crippen molar-refractivity contribution in [3.05, 3.63) is 21.4 Å². The third-order valence-electron chi connectivity index (χ3n) is 3.28. The second kappa shape index (κ2) is 5.83. The van der Waals surface area contributed by atoms with E-state index in [1.165, 1.54) is 54.8 Å². The van der Waals surface area contributed by atoms with E-state index in [2.05, 4.69) is 25.2 Å². The number of nitrogens with one attached hydrogen (secondary N) is 1. The monoisotopic (exact) mass is 237 g/mol. The molecule has 0 unspecified atom stereocenters. The average Bonchev–Trinajstić information content (AvgIpc) is 2.99. The molecule has 1 aromatic rings. The number of hydrogen-bond donors (Lipinski definition) is 1. The molecule has 2 rings (SSSR count). The van der Waals surface area contributed by atoms with Crippen LogP contribution in [0.15, 0.2) is 6.07 Å². The van der Waals surface area contributed by atoms with E-state index in [9.17, 15) is 0 Å². The van der Waals surface area contributed by atoms with Crippen LogP contribution in [-0.4, -0.2) is 12.6 Å². The molecule has 0 amide bonds. The van der Waals surface area contributed by atoms with Gasteiger partial charge in [-0.25, -0.2) is 0 Å². The van der Waals surface area contributed by atoms with Crippen LogP contribution in [0.2, 0.25) is 0 Å². The zero-order valence-electron chi connectivity index (χ0n) is 10.5. The van der Waals surface area contributed by atoms with Gasteiger partial charge in [0.1, 0.15) is 0 Å². The highest BCUT2D eigenvalue weighted by molar-refractivity contribution is 7.12. The fourth-order valence-electron chi connectivity index (χ4n) is 2.14. The summed E-state index contributed by atoms with van der Waals surface area (Å²) in [6.07, 6.45) is 8.16. The lowest BCUT2D eigenvalue weighted by molar-refractivity contribution is 0.600. The first-order chi connectivity index (χ1) is 7.75. The number of thiophene rings is 1. The van der Waals surface area contributed by atoms with Crippen LogP contribution in [-0.2, 0) is 6.42 Å². The molecule has 2 heteroatoms. The molecule has 0 atom stereocenters. The molecule has 0 radical (unpaired) electrons. The third kappa shape index (κ3) is 3.91. The summed E-state index contributed by atoms with van der Waals surface area (Å²) in [6.45, 7) is 5.69. The van der Waals surface area contributed by atoms with Gasteiger partial charge in [-0.2, -0.15) is 0 Å². The Morgan fingerprint density at radius 1 is 1.25 bits per heavy atom. The lowest BCUT2D eigenvalue weighted by Crippen LogP contribution is -2.17. The lowest BCUT2D eigenvalue weighted by Gasteiger charge is -2.02. The molecule has 90 valence electrons. The van der Waals surface area contributed by atoms with Crippen LogP contribution in [0.25, 0.3) is 0 Å². The molecular weight excluding hydrogens is 214 g/mol. The van der Waals surface area contributed by atoms with E-state index in [4.69, 9.17) is 0 Å². The van der Waals surface area contributed by atoms with Gasteiger partial charge in [0.05, 0.1) is 0 Å². The van der Waals surface area contributed by atoms with Gasteiger partial charge < -0.3 is 5.32 Å². The molecule has 1 nitrogen and oxygen atoms in total. The van der Waals surface area contributed by atoms with Gasteiger partial charge in [0.2, 0.25) is 0 Å². The molecule has 1 aromatic heterocycles. The standard InChI is InChI=1S/C14H23NS/c1-11-10-13(12(2)16-11)6-4-3-5-9-15-14-7-8-14/h10,14-15H,3-9H2,1-2H3. The van der Waals surface area contributed by atoms with Crippen molar-refractivity contribution >= 4 is 11.3 Å². The lowest BCUT2D eigenvalue weighted by atomic mass is 10.1. The van der Waals surface area contributed by atoms with Gasteiger partial charge >= 0.3 is 0 Å². The molecule has 1 aliphatic rings. The fourth-order valence-corrected chi connectivity index (χ4v) is 3.12. The van der Waals surface area contributed by atoms with Crippen LogP contribution in [0.3, 0.4) is 0 Å². The summed E-state index contributed by atoms with van der Waals surface area (Å²) in [5.74, 6) is 0. The van der Waals surface area contributed by atoms with Gasteiger partial charge in [0.15, 0.2) is 0 Å². The quantitative estimate of drug-likeness (QED) is 0.711. The Morgan fingerprint density at radius 2 is 2.06 bits per heavy atom. The molecule has 1 fully saturated rings. The molecule has 1 saturated carbocycles. The molecular formula is C14H23NS. The van der Waals surface area contributed by atoms with E-state index in [0.29, 0.717) is 0 Å². The van der Waals surface area contributed by atoms with Crippen LogP contribution < -0.4 is 5.32 Å². The second-order valence-electron chi connectivity index (χ2n) is 4.98. The number of aryl methyl sites for hydroxylation is 3. The molecule has 0 spiro atoms. The first kappa shape index (κ1) is 12.1. The SMILES string of the molecule is Cc1cc(CCCCCNC2CC2)c(C)s1. The Kier molecular flexibility index (Phi) is 4.42. The molecule has 1 heterocycles. The van der Waals surface area contributed by atoms with Crippen molar-refractivity contribution in [2.75, 3.05) is 6.54 Å². The maximum absolute atomic E-state index is 3.57. The van der Waals surface area contributed by atoms with E-state index in [0.717, 1.165) is 6.04 Å². The summed E-state index contributed by atoms with van der Waals surface area (Å²) in [5.41, 5.74) is 1.58. The summed E-state index contributed by atoms with van der Waals surface area (Å²) < 4.78 is 0. The molecule has 0 saturated heterocycles. The van der Waals surface area contributed by atoms with E-state index in [1.807, 2.05) is 11.3 Å². The van der Waals surface area contributed by atoms with Gasteiger partial charge in [-0.3, -0.25) is 0 Å². The van der Waals surface area contributed by atoms with Crippen LogP contribution in [0.1, 0.15) is 47.4 Å². The molecule has 16 heavy (non-hydrogen) atoms. The number of unbranched alkanes of at least 4 members (excludes halogenated alkanes) is 2. The van der Waals surface area contributed by atoms with Crippen molar-refractivity contribution < 1.29 is 0 Å². The average molecular weight is 237 g/mol. The van der Waals surface area contributed by atoms with E-state index < -0.39 is 0 Å². The Morgan fingerprint density at radius 3 is 2.69 bits per heavy atom. The Balaban J connectivity index is 1.54. The molecule has 0 bridgehead atoms. The highest BCUT2D eigenvalue weighted by atomic mass is 32.1. The van der Waals surface area contributed by atoms with E-state index in [-0.39, 0.29) is 0 Å². The largest absolute Gasteiger partial charge is 0.314 e. The first-order valence-electron chi connectivity index (χ1n) is 6.55. The van der Waals surface area contributed by atoms with Gasteiger partial charge in [-0.15, -0.1) is 11.3 Å². The number of rotatable bonds is 7. The van der Waals surface area contributed by atoms with Crippen molar-refractivity contribution in [1.82, 2.24) is 5.32 Å². The van der Waals surface area contributed by atoms with Crippen LogP contribution in [0.4, 0.5) is 0 Å². The van der Waals surface area contributed by atoms with Crippen molar-refractivity contribution in [1.29, 1.82) is 0 Å². The minimum atomic E-state index is 0.877. The normalized spacial score (nSPS) is 15.6. The van der Waals surface area contributed by atoms with E-state index in [1.54, 1.807) is 5.56 Å². The Labute approximate surface area is 103 Å². The van der Waals surface area contributed by atoms with Crippen LogP contribution >= 0.6 is 11.3 Å². The fraction of sp³-hybridized carbons (Fsp3) is 0.714. The van der Waals surface area contributed by atoms with Crippen molar-refractivity contribution in [3.63, 3.8) is 0 Å². The topological polar surface area (TPSA) is 12.0 Å². The maximum atomic E-state index is 3.57. The predicted octanol–water partition coefficient (Wildman–Crippen LogP) is 3.83. The highest BCUT2D eigenvalue weighted by Gasteiger charge is 2.19. The van der Waals surface area contributed by atoms with Gasteiger partial charge in [-0.1, -0.05) is 6.42 Å². The highest BCUT2D eigenvalue weighted by Crippen LogP contribution is 2.22. The summed E-state index contributed by atoms with van der Waals surface area (Å²) in [5, 5.41) is 3.57. The van der Waals surface area contributed by atoms with Crippen molar-refractivity contribution in [2.45, 2.75) is 58.4 Å². The minimum Gasteiger partial charge on any atom is -0.314 e. The van der Waals surface area contributed by atoms with Crippen molar-refractivity contribution in [3.8, 4) is 0 Å². The zero-order chi connectivity index (χ0) is 11.4. The van der Waals surface area contributed by atoms with Gasteiger partial charge in [0, 0.05) is 15.8 Å². The number of hydrogen-bond acceptors (Lipinski definition) is 2. The molecule has 1 aliphatic carbocycles. The van der Waals surface area contributed by atoms with Crippen molar-refractivity contribution in [2.24, 2.45) is 0 Å². The van der Waals surface area contributed by atoms with E-state index >= 15 is 0 Å². The van der Waals surface area contributed by atoms with Gasteiger partial charge in [0.25, 0.3) is 0 Å². The maximum Gasteiger partial charge on any atom is 0.00682 e. The Hall–Kier alpha value is -0.340. The Bertz CT molecular complexity index is 325. The second-order valence-corrected chi connectivity index (χ2v) is 6.44. The smallest absolute Gasteiger partial charge is 0.00682 e. The van der Waals surface area contributed by atoms with Gasteiger partial charge in [-0.05, 0) is 64.1 Å². The van der Waals surface area contributed by atoms with Crippen LogP contribution in [0, 0.1) is 13.8 Å². The summed E-state index contributed by atoms with van der Waals surface area (Å²) in [6, 6.07) is 3.24. The molecule has 0 aliphatic heterocycles. The predicted molar refractivity (Wildman–Crippen MR) is 72.4 cm³/mol. The molecule has 0 aromatic carbocycles. The summed E-state index contributed by atoms with van der Waals surface area (Å²) >= 11 is 1.94. The zero-order valence-corrected chi connectivity index (χ0v) is 11.3. The molecule has 1 N–H and O–H groups in total.